The molecule has 0 saturated heterocycles. The predicted octanol–water partition coefficient (Wildman–Crippen LogP) is 3.29. The van der Waals surface area contributed by atoms with Crippen molar-refractivity contribution in [3.63, 3.8) is 0 Å². The van der Waals surface area contributed by atoms with Crippen molar-refractivity contribution < 1.29 is 9.90 Å². The molecule has 1 aliphatic carbocycles. The summed E-state index contributed by atoms with van der Waals surface area (Å²) in [5.41, 5.74) is 0. The van der Waals surface area contributed by atoms with Gasteiger partial charge in [0.15, 0.2) is 0 Å². The second-order valence-corrected chi connectivity index (χ2v) is 5.33. The zero-order chi connectivity index (χ0) is 12.5. The first-order chi connectivity index (χ1) is 8.20. The minimum absolute atomic E-state index is 0.318. The lowest BCUT2D eigenvalue weighted by Gasteiger charge is -2.29. The molecule has 0 aromatic heterocycles. The van der Waals surface area contributed by atoms with Crippen LogP contribution >= 0.6 is 0 Å². The molecule has 0 aromatic carbocycles. The Labute approximate surface area is 105 Å². The van der Waals surface area contributed by atoms with Gasteiger partial charge in [0.25, 0.3) is 0 Å². The van der Waals surface area contributed by atoms with Gasteiger partial charge < -0.3 is 10.0 Å². The highest BCUT2D eigenvalue weighted by molar-refractivity contribution is 5.66. The molecule has 0 spiro atoms. The minimum Gasteiger partial charge on any atom is -0.481 e. The Morgan fingerprint density at radius 3 is 2.29 bits per heavy atom. The molecule has 0 amide bonds. The third kappa shape index (κ3) is 6.67. The molecule has 0 radical (unpaired) electrons. The van der Waals surface area contributed by atoms with E-state index in [1.54, 1.807) is 0 Å². The van der Waals surface area contributed by atoms with Crippen LogP contribution in [0.1, 0.15) is 64.2 Å². The van der Waals surface area contributed by atoms with Gasteiger partial charge in [-0.1, -0.05) is 32.1 Å². The Kier molecular flexibility index (Phi) is 7.25. The van der Waals surface area contributed by atoms with Gasteiger partial charge in [0.2, 0.25) is 0 Å². The molecule has 1 N–H and O–H groups in total. The van der Waals surface area contributed by atoms with E-state index in [-0.39, 0.29) is 0 Å². The van der Waals surface area contributed by atoms with Gasteiger partial charge in [-0.2, -0.15) is 0 Å². The van der Waals surface area contributed by atoms with E-state index < -0.39 is 5.97 Å². The highest BCUT2D eigenvalue weighted by atomic mass is 16.4. The molecule has 0 aliphatic heterocycles. The summed E-state index contributed by atoms with van der Waals surface area (Å²) in [6.45, 7) is 1.05. The Hall–Kier alpha value is -0.570. The zero-order valence-electron chi connectivity index (χ0n) is 11.2. The van der Waals surface area contributed by atoms with Crippen LogP contribution in [-0.4, -0.2) is 35.6 Å². The van der Waals surface area contributed by atoms with Crippen molar-refractivity contribution in [1.29, 1.82) is 0 Å². The summed E-state index contributed by atoms with van der Waals surface area (Å²) in [6.07, 6.45) is 11.7. The average Bonchev–Trinajstić information content (AvgIpc) is 2.23. The third-order valence-electron chi connectivity index (χ3n) is 3.85. The van der Waals surface area contributed by atoms with Crippen molar-refractivity contribution in [2.75, 3.05) is 13.6 Å². The van der Waals surface area contributed by atoms with Crippen molar-refractivity contribution in [3.05, 3.63) is 0 Å². The van der Waals surface area contributed by atoms with Crippen LogP contribution in [0.2, 0.25) is 0 Å². The largest absolute Gasteiger partial charge is 0.481 e. The molecule has 3 nitrogen and oxygen atoms in total. The molecule has 1 fully saturated rings. The Balaban J connectivity index is 2.15. The number of carbonyl (C=O) groups is 1. The number of unbranched alkanes of at least 4 members (excludes halogenated alkanes) is 1. The van der Waals surface area contributed by atoms with Crippen LogP contribution in [-0.2, 0) is 4.79 Å². The van der Waals surface area contributed by atoms with Crippen molar-refractivity contribution in [3.8, 4) is 0 Å². The van der Waals surface area contributed by atoms with Crippen LogP contribution in [0.25, 0.3) is 0 Å². The number of carboxylic acid groups (broad SMARTS) is 1. The number of carboxylic acids is 1. The monoisotopic (exact) mass is 241 g/mol. The van der Waals surface area contributed by atoms with Gasteiger partial charge in [-0.05, 0) is 39.3 Å². The number of hydrogen-bond donors (Lipinski definition) is 1. The second kappa shape index (κ2) is 8.51. The fourth-order valence-corrected chi connectivity index (χ4v) is 2.70. The van der Waals surface area contributed by atoms with Crippen LogP contribution in [0.4, 0.5) is 0 Å². The van der Waals surface area contributed by atoms with E-state index in [4.69, 9.17) is 5.11 Å². The van der Waals surface area contributed by atoms with Crippen LogP contribution < -0.4 is 0 Å². The summed E-state index contributed by atoms with van der Waals surface area (Å²) >= 11 is 0. The molecule has 0 atom stereocenters. The third-order valence-corrected chi connectivity index (χ3v) is 3.85. The first kappa shape index (κ1) is 14.5. The average molecular weight is 241 g/mol. The second-order valence-electron chi connectivity index (χ2n) is 5.33. The van der Waals surface area contributed by atoms with E-state index >= 15 is 0 Å². The van der Waals surface area contributed by atoms with Crippen LogP contribution in [0.5, 0.6) is 0 Å². The molecular weight excluding hydrogens is 214 g/mol. The van der Waals surface area contributed by atoms with E-state index in [0.29, 0.717) is 6.42 Å². The first-order valence-corrected chi connectivity index (χ1v) is 7.12. The molecule has 0 unspecified atom stereocenters. The summed E-state index contributed by atoms with van der Waals surface area (Å²) in [5.74, 6) is -0.668. The summed E-state index contributed by atoms with van der Waals surface area (Å²) in [4.78, 5) is 12.9. The number of hydrogen-bond acceptors (Lipinski definition) is 2. The van der Waals surface area contributed by atoms with Crippen molar-refractivity contribution >= 4 is 5.97 Å². The SMILES string of the molecule is CN(CCCCC(=O)O)C1CCCCCCC1. The number of rotatable bonds is 6. The maximum atomic E-state index is 10.4. The predicted molar refractivity (Wildman–Crippen MR) is 70.2 cm³/mol. The Bertz CT molecular complexity index is 210. The fraction of sp³-hybridized carbons (Fsp3) is 0.929. The Morgan fingerprint density at radius 2 is 1.71 bits per heavy atom. The van der Waals surface area contributed by atoms with Gasteiger partial charge >= 0.3 is 5.97 Å². The molecule has 0 aromatic rings. The van der Waals surface area contributed by atoms with E-state index in [1.165, 1.54) is 44.9 Å². The molecule has 17 heavy (non-hydrogen) atoms. The molecule has 1 aliphatic rings. The molecular formula is C14H27NO2. The molecule has 3 heteroatoms. The maximum absolute atomic E-state index is 10.4. The lowest BCUT2D eigenvalue weighted by Crippen LogP contribution is -2.33. The van der Waals surface area contributed by atoms with E-state index in [2.05, 4.69) is 11.9 Å². The number of aliphatic carboxylic acids is 1. The van der Waals surface area contributed by atoms with Gasteiger partial charge in [-0.25, -0.2) is 0 Å². The van der Waals surface area contributed by atoms with Gasteiger partial charge in [-0.3, -0.25) is 4.79 Å². The highest BCUT2D eigenvalue weighted by Gasteiger charge is 2.15. The summed E-state index contributed by atoms with van der Waals surface area (Å²) in [7, 11) is 2.20. The molecule has 0 bridgehead atoms. The van der Waals surface area contributed by atoms with Crippen molar-refractivity contribution in [2.24, 2.45) is 0 Å². The summed E-state index contributed by atoms with van der Waals surface area (Å²) in [5, 5.41) is 8.58. The van der Waals surface area contributed by atoms with Crippen LogP contribution in [0, 0.1) is 0 Å². The van der Waals surface area contributed by atoms with Crippen LogP contribution in [0.3, 0.4) is 0 Å². The Morgan fingerprint density at radius 1 is 1.12 bits per heavy atom. The smallest absolute Gasteiger partial charge is 0.303 e. The van der Waals surface area contributed by atoms with Gasteiger partial charge in [-0.15, -0.1) is 0 Å². The topological polar surface area (TPSA) is 40.5 Å². The molecule has 1 saturated carbocycles. The van der Waals surface area contributed by atoms with Gasteiger partial charge in [0.1, 0.15) is 0 Å². The molecule has 0 heterocycles. The normalized spacial score (nSPS) is 18.9. The van der Waals surface area contributed by atoms with Gasteiger partial charge in [0.05, 0.1) is 0 Å². The first-order valence-electron chi connectivity index (χ1n) is 7.12. The summed E-state index contributed by atoms with van der Waals surface area (Å²) in [6, 6.07) is 0.736. The maximum Gasteiger partial charge on any atom is 0.303 e. The highest BCUT2D eigenvalue weighted by Crippen LogP contribution is 2.20. The quantitative estimate of drug-likeness (QED) is 0.725. The fourth-order valence-electron chi connectivity index (χ4n) is 2.70. The molecule has 1 rings (SSSR count). The van der Waals surface area contributed by atoms with Crippen molar-refractivity contribution in [1.82, 2.24) is 4.90 Å². The standard InChI is InChI=1S/C14H27NO2/c1-15(12-8-7-11-14(16)17)13-9-5-3-2-4-6-10-13/h13H,2-12H2,1H3,(H,16,17). The lowest BCUT2D eigenvalue weighted by molar-refractivity contribution is -0.137. The number of nitrogens with zero attached hydrogens (tertiary/aromatic N) is 1. The van der Waals surface area contributed by atoms with E-state index in [1.807, 2.05) is 0 Å². The van der Waals surface area contributed by atoms with E-state index in [9.17, 15) is 4.79 Å². The minimum atomic E-state index is -0.668. The lowest BCUT2D eigenvalue weighted by atomic mass is 9.96. The summed E-state index contributed by atoms with van der Waals surface area (Å²) < 4.78 is 0. The zero-order valence-corrected chi connectivity index (χ0v) is 11.2. The van der Waals surface area contributed by atoms with Crippen LogP contribution in [0.15, 0.2) is 0 Å². The van der Waals surface area contributed by atoms with E-state index in [0.717, 1.165) is 25.4 Å². The van der Waals surface area contributed by atoms with Gasteiger partial charge in [0, 0.05) is 12.5 Å². The van der Waals surface area contributed by atoms with Crippen molar-refractivity contribution in [2.45, 2.75) is 70.3 Å². The molecule has 100 valence electrons.